The zero-order valence-corrected chi connectivity index (χ0v) is 13.7. The highest BCUT2D eigenvalue weighted by Crippen LogP contribution is 2.17. The van der Waals surface area contributed by atoms with Gasteiger partial charge in [-0.3, -0.25) is 0 Å². The van der Waals surface area contributed by atoms with E-state index < -0.39 is 0 Å². The minimum absolute atomic E-state index is 0.275. The molecule has 7 nitrogen and oxygen atoms in total. The van der Waals surface area contributed by atoms with Gasteiger partial charge in [-0.1, -0.05) is 6.07 Å². The molecule has 0 bridgehead atoms. The lowest BCUT2D eigenvalue weighted by Crippen LogP contribution is -2.29. The minimum atomic E-state index is -0.307. The van der Waals surface area contributed by atoms with Crippen LogP contribution in [0.1, 0.15) is 18.7 Å². The average molecular weight is 327 g/mol. The number of carbonyl (C=O) groups excluding carboxylic acids is 1. The smallest absolute Gasteiger partial charge is 0.319 e. The molecular formula is C17H21N5O2. The van der Waals surface area contributed by atoms with Gasteiger partial charge in [-0.15, -0.1) is 0 Å². The topological polar surface area (TPSA) is 79.4 Å². The van der Waals surface area contributed by atoms with Gasteiger partial charge < -0.3 is 20.3 Å². The van der Waals surface area contributed by atoms with Crippen molar-refractivity contribution in [1.82, 2.24) is 15.3 Å². The molecule has 1 aliphatic rings. The lowest BCUT2D eigenvalue weighted by Gasteiger charge is -2.16. The van der Waals surface area contributed by atoms with Crippen LogP contribution in [-0.2, 0) is 6.54 Å². The van der Waals surface area contributed by atoms with Gasteiger partial charge in [0.2, 0.25) is 0 Å². The third kappa shape index (κ3) is 4.13. The normalized spacial score (nSPS) is 13.6. The number of hydrogen-bond acceptors (Lipinski definition) is 5. The van der Waals surface area contributed by atoms with Gasteiger partial charge in [-0.2, -0.15) is 0 Å². The first-order valence-electron chi connectivity index (χ1n) is 8.00. The van der Waals surface area contributed by atoms with E-state index in [2.05, 4.69) is 25.5 Å². The molecule has 0 unspecified atom stereocenters. The molecule has 126 valence electrons. The van der Waals surface area contributed by atoms with Crippen LogP contribution >= 0.6 is 0 Å². The predicted molar refractivity (Wildman–Crippen MR) is 92.3 cm³/mol. The lowest BCUT2D eigenvalue weighted by atomic mass is 10.3. The molecule has 24 heavy (non-hydrogen) atoms. The number of amides is 2. The molecule has 2 N–H and O–H groups in total. The number of carbonyl (C=O) groups is 1. The third-order valence-electron chi connectivity index (χ3n) is 3.86. The van der Waals surface area contributed by atoms with Gasteiger partial charge >= 0.3 is 6.03 Å². The first-order chi connectivity index (χ1) is 11.7. The van der Waals surface area contributed by atoms with Gasteiger partial charge in [-0.25, -0.2) is 14.8 Å². The van der Waals surface area contributed by atoms with E-state index in [9.17, 15) is 4.79 Å². The monoisotopic (exact) mass is 327 g/mol. The largest absolute Gasteiger partial charge is 0.497 e. The molecule has 1 fully saturated rings. The lowest BCUT2D eigenvalue weighted by molar-refractivity contribution is 0.251. The van der Waals surface area contributed by atoms with Crippen LogP contribution in [0.25, 0.3) is 0 Å². The number of ether oxygens (including phenoxy) is 1. The Labute approximate surface area is 141 Å². The van der Waals surface area contributed by atoms with Crippen LogP contribution < -0.4 is 20.3 Å². The van der Waals surface area contributed by atoms with Crippen molar-refractivity contribution in [2.45, 2.75) is 19.4 Å². The van der Waals surface area contributed by atoms with Gasteiger partial charge in [0.25, 0.3) is 0 Å². The summed E-state index contributed by atoms with van der Waals surface area (Å²) in [6.07, 6.45) is 4.12. The van der Waals surface area contributed by atoms with Crippen molar-refractivity contribution in [1.29, 1.82) is 0 Å². The van der Waals surface area contributed by atoms with E-state index >= 15 is 0 Å². The highest BCUT2D eigenvalue weighted by molar-refractivity contribution is 5.89. The molecular weight excluding hydrogens is 306 g/mol. The summed E-state index contributed by atoms with van der Waals surface area (Å²) in [5.74, 6) is 2.21. The Morgan fingerprint density at radius 3 is 2.92 bits per heavy atom. The van der Waals surface area contributed by atoms with Crippen molar-refractivity contribution in [3.8, 4) is 5.75 Å². The minimum Gasteiger partial charge on any atom is -0.497 e. The number of benzene rings is 1. The molecule has 0 spiro atoms. The van der Waals surface area contributed by atoms with E-state index in [1.54, 1.807) is 25.4 Å². The maximum atomic E-state index is 12.0. The van der Waals surface area contributed by atoms with E-state index in [1.165, 1.54) is 12.8 Å². The van der Waals surface area contributed by atoms with E-state index in [0.29, 0.717) is 17.3 Å². The maximum Gasteiger partial charge on any atom is 0.319 e. The zero-order chi connectivity index (χ0) is 16.8. The zero-order valence-electron chi connectivity index (χ0n) is 13.7. The quantitative estimate of drug-likeness (QED) is 0.881. The number of anilines is 2. The van der Waals surface area contributed by atoms with Gasteiger partial charge in [-0.05, 0) is 31.0 Å². The molecule has 2 aromatic rings. The van der Waals surface area contributed by atoms with Crippen LogP contribution in [0, 0.1) is 0 Å². The number of methoxy groups -OCH3 is 1. The molecule has 1 saturated heterocycles. The van der Waals surface area contributed by atoms with Crippen molar-refractivity contribution in [3.05, 3.63) is 42.4 Å². The Morgan fingerprint density at radius 2 is 2.12 bits per heavy atom. The standard InChI is InChI=1S/C17H21N5O2/c1-24-14-6-4-5-13(11-14)20-17(23)19-12-15-18-8-7-16(21-15)22-9-2-3-10-22/h4-8,11H,2-3,9-10,12H2,1H3,(H2,19,20,23). The van der Waals surface area contributed by atoms with Gasteiger partial charge in [0, 0.05) is 31.0 Å². The van der Waals surface area contributed by atoms with Crippen molar-refractivity contribution in [3.63, 3.8) is 0 Å². The fourth-order valence-corrected chi connectivity index (χ4v) is 2.63. The van der Waals surface area contributed by atoms with Crippen LogP contribution in [-0.4, -0.2) is 36.2 Å². The molecule has 0 saturated carbocycles. The summed E-state index contributed by atoms with van der Waals surface area (Å²) in [4.78, 5) is 23.0. The summed E-state index contributed by atoms with van der Waals surface area (Å²) in [6, 6.07) is 8.79. The van der Waals surface area contributed by atoms with Gasteiger partial charge in [0.1, 0.15) is 17.4 Å². The van der Waals surface area contributed by atoms with E-state index in [1.807, 2.05) is 18.2 Å². The Kier molecular flexibility index (Phi) is 5.10. The SMILES string of the molecule is COc1cccc(NC(=O)NCc2nccc(N3CCCC3)n2)c1. The number of rotatable bonds is 5. The fraction of sp³-hybridized carbons (Fsp3) is 0.353. The second-order valence-electron chi connectivity index (χ2n) is 5.56. The van der Waals surface area contributed by atoms with Crippen molar-refractivity contribution >= 4 is 17.5 Å². The molecule has 1 aliphatic heterocycles. The molecule has 3 rings (SSSR count). The van der Waals surface area contributed by atoms with Crippen molar-refractivity contribution in [2.24, 2.45) is 0 Å². The average Bonchev–Trinajstić information content (AvgIpc) is 3.15. The summed E-state index contributed by atoms with van der Waals surface area (Å²) >= 11 is 0. The number of aromatic nitrogens is 2. The first-order valence-corrected chi connectivity index (χ1v) is 8.00. The molecule has 2 amide bonds. The fourth-order valence-electron chi connectivity index (χ4n) is 2.63. The van der Waals surface area contributed by atoms with Crippen LogP contribution in [0.15, 0.2) is 36.5 Å². The summed E-state index contributed by atoms with van der Waals surface area (Å²) in [5.41, 5.74) is 0.665. The Hall–Kier alpha value is -2.83. The molecule has 7 heteroatoms. The number of nitrogens with one attached hydrogen (secondary N) is 2. The highest BCUT2D eigenvalue weighted by atomic mass is 16.5. The summed E-state index contributed by atoms with van der Waals surface area (Å²) in [7, 11) is 1.59. The summed E-state index contributed by atoms with van der Waals surface area (Å²) < 4.78 is 5.13. The Bertz CT molecular complexity index is 701. The molecule has 0 aliphatic carbocycles. The third-order valence-corrected chi connectivity index (χ3v) is 3.86. The van der Waals surface area contributed by atoms with Crippen LogP contribution in [0.3, 0.4) is 0 Å². The highest BCUT2D eigenvalue weighted by Gasteiger charge is 2.14. The Balaban J connectivity index is 1.55. The Morgan fingerprint density at radius 1 is 1.29 bits per heavy atom. The second kappa shape index (κ2) is 7.63. The van der Waals surface area contributed by atoms with E-state index in [4.69, 9.17) is 4.74 Å². The van der Waals surface area contributed by atoms with Crippen LogP contribution in [0.2, 0.25) is 0 Å². The molecule has 0 radical (unpaired) electrons. The number of urea groups is 1. The maximum absolute atomic E-state index is 12.0. The number of hydrogen-bond donors (Lipinski definition) is 2. The molecule has 1 aromatic heterocycles. The van der Waals surface area contributed by atoms with Crippen molar-refractivity contribution < 1.29 is 9.53 Å². The summed E-state index contributed by atoms with van der Waals surface area (Å²) in [5, 5.41) is 5.53. The van der Waals surface area contributed by atoms with E-state index in [-0.39, 0.29) is 12.6 Å². The van der Waals surface area contributed by atoms with E-state index in [0.717, 1.165) is 18.9 Å². The van der Waals surface area contributed by atoms with Crippen molar-refractivity contribution in [2.75, 3.05) is 30.4 Å². The van der Waals surface area contributed by atoms with Gasteiger partial charge in [0.15, 0.2) is 0 Å². The van der Waals surface area contributed by atoms with Gasteiger partial charge in [0.05, 0.1) is 13.7 Å². The van der Waals surface area contributed by atoms with Crippen LogP contribution in [0.5, 0.6) is 5.75 Å². The summed E-state index contributed by atoms with van der Waals surface area (Å²) in [6.45, 7) is 2.33. The predicted octanol–water partition coefficient (Wildman–Crippen LogP) is 2.41. The molecule has 2 heterocycles. The number of nitrogens with zero attached hydrogens (tertiary/aromatic N) is 3. The first kappa shape index (κ1) is 16.0. The molecule has 1 aromatic carbocycles. The second-order valence-corrected chi connectivity index (χ2v) is 5.56. The molecule has 0 atom stereocenters. The van der Waals surface area contributed by atoms with Crippen LogP contribution in [0.4, 0.5) is 16.3 Å².